The molecule has 3 aromatic carbocycles. The molecule has 0 atom stereocenters. The molecule has 0 saturated carbocycles. The molecule has 4 rings (SSSR count). The van der Waals surface area contributed by atoms with E-state index in [0.29, 0.717) is 34.4 Å². The zero-order valence-corrected chi connectivity index (χ0v) is 29.7. The Balaban J connectivity index is 1.91. The number of methoxy groups -OCH3 is 3. The molecule has 0 unspecified atom stereocenters. The largest absolute Gasteiger partial charge is 0.496 e. The molecule has 0 bridgehead atoms. The Morgan fingerprint density at radius 2 is 1.32 bits per heavy atom. The van der Waals surface area contributed by atoms with Crippen LogP contribution in [0.4, 0.5) is 36.7 Å². The first kappa shape index (κ1) is 40.5. The van der Waals surface area contributed by atoms with E-state index in [1.807, 2.05) is 20.8 Å². The van der Waals surface area contributed by atoms with E-state index in [4.69, 9.17) is 24.1 Å². The van der Waals surface area contributed by atoms with E-state index in [0.717, 1.165) is 0 Å². The number of hydrogen-bond acceptors (Lipinski definition) is 8. The maximum absolute atomic E-state index is 15.3. The molecule has 286 valence electrons. The van der Waals surface area contributed by atoms with Crippen molar-refractivity contribution in [2.24, 2.45) is 0 Å². The predicted molar refractivity (Wildman–Crippen MR) is 181 cm³/mol. The van der Waals surface area contributed by atoms with Gasteiger partial charge < -0.3 is 29.0 Å². The van der Waals surface area contributed by atoms with Gasteiger partial charge in [0.05, 0.1) is 51.5 Å². The molecule has 4 aromatic rings. The van der Waals surface area contributed by atoms with E-state index in [9.17, 15) is 31.1 Å². The second kappa shape index (κ2) is 16.2. The van der Waals surface area contributed by atoms with Crippen molar-refractivity contribution in [3.05, 3.63) is 88.5 Å². The van der Waals surface area contributed by atoms with Crippen LogP contribution in [0.3, 0.4) is 0 Å². The summed E-state index contributed by atoms with van der Waals surface area (Å²) in [5.41, 5.74) is -2.39. The van der Waals surface area contributed by atoms with Crippen LogP contribution in [0, 0.1) is 5.82 Å². The Morgan fingerprint density at radius 3 is 1.83 bits per heavy atom. The van der Waals surface area contributed by atoms with Crippen molar-refractivity contribution in [1.29, 1.82) is 0 Å². The number of carboxylic acids is 1. The van der Waals surface area contributed by atoms with E-state index < -0.39 is 47.2 Å². The molecular formula is C37H38F7N3O6. The number of benzene rings is 3. The minimum atomic E-state index is -5.09. The van der Waals surface area contributed by atoms with Gasteiger partial charge in [-0.25, -0.2) is 14.4 Å². The van der Waals surface area contributed by atoms with E-state index in [2.05, 4.69) is 9.97 Å². The fourth-order valence-corrected chi connectivity index (χ4v) is 5.51. The molecule has 1 aromatic heterocycles. The van der Waals surface area contributed by atoms with Crippen LogP contribution >= 0.6 is 0 Å². The Hall–Kier alpha value is -5.28. The standard InChI is InChI=1S/C37H38F7N3O6/c1-35(2,3)28-14-27(30(50-4)16-29(28)38)26-15-32(52-6)31(51-5)12-22(26)20-47(34-45-17-25(18-46-34)53-9-7-8-33(48)49)19-21-10-23(36(39,40)41)13-24(11-21)37(42,43)44/h10-18H,7-9,19-20H2,1-6H3,(H,48,49). The average Bonchev–Trinajstić information content (AvgIpc) is 3.08. The smallest absolute Gasteiger partial charge is 0.416 e. The summed E-state index contributed by atoms with van der Waals surface area (Å²) in [4.78, 5) is 20.8. The third-order valence-electron chi connectivity index (χ3n) is 8.08. The van der Waals surface area contributed by atoms with Gasteiger partial charge in [0.15, 0.2) is 17.2 Å². The lowest BCUT2D eigenvalue weighted by atomic mass is 9.84. The lowest BCUT2D eigenvalue weighted by Gasteiger charge is -2.27. The van der Waals surface area contributed by atoms with Gasteiger partial charge in [-0.3, -0.25) is 4.79 Å². The lowest BCUT2D eigenvalue weighted by Crippen LogP contribution is -2.25. The van der Waals surface area contributed by atoms with Gasteiger partial charge in [0.1, 0.15) is 11.6 Å². The van der Waals surface area contributed by atoms with Crippen molar-refractivity contribution >= 4 is 11.9 Å². The number of alkyl halides is 6. The molecule has 0 aliphatic carbocycles. The number of aliphatic carboxylic acids is 1. The second-order valence-electron chi connectivity index (χ2n) is 13.0. The summed E-state index contributed by atoms with van der Waals surface area (Å²) >= 11 is 0. The molecule has 0 amide bonds. The number of carbonyl (C=O) groups is 1. The molecular weight excluding hydrogens is 715 g/mol. The van der Waals surface area contributed by atoms with Gasteiger partial charge in [-0.2, -0.15) is 26.3 Å². The van der Waals surface area contributed by atoms with Gasteiger partial charge in [-0.05, 0) is 70.5 Å². The molecule has 0 radical (unpaired) electrons. The normalized spacial score (nSPS) is 12.0. The summed E-state index contributed by atoms with van der Waals surface area (Å²) in [6.07, 6.45) is -7.64. The fourth-order valence-electron chi connectivity index (χ4n) is 5.51. The molecule has 1 N–H and O–H groups in total. The zero-order valence-electron chi connectivity index (χ0n) is 29.7. The predicted octanol–water partition coefficient (Wildman–Crippen LogP) is 9.09. The Kier molecular flexibility index (Phi) is 12.4. The van der Waals surface area contributed by atoms with Crippen molar-refractivity contribution in [3.63, 3.8) is 0 Å². The fraction of sp³-hybridized carbons (Fsp3) is 0.378. The summed E-state index contributed by atoms with van der Waals surface area (Å²) in [5.74, 6) is -0.829. The first-order chi connectivity index (χ1) is 24.7. The number of rotatable bonds is 14. The minimum absolute atomic E-state index is 0.0221. The van der Waals surface area contributed by atoms with Crippen molar-refractivity contribution in [3.8, 4) is 34.1 Å². The molecule has 0 spiro atoms. The maximum atomic E-state index is 15.3. The minimum Gasteiger partial charge on any atom is -0.496 e. The molecule has 1 heterocycles. The number of anilines is 1. The first-order valence-corrected chi connectivity index (χ1v) is 16.1. The number of aromatic nitrogens is 2. The van der Waals surface area contributed by atoms with Crippen LogP contribution in [0.5, 0.6) is 23.0 Å². The SMILES string of the molecule is COc1cc(CN(Cc2cc(C(F)(F)F)cc(C(F)(F)F)c2)c2ncc(OCCCC(=O)O)cn2)c(-c2cc(C(C)(C)C)c(F)cc2OC)cc1OC. The van der Waals surface area contributed by atoms with Gasteiger partial charge in [-0.1, -0.05) is 20.8 Å². The molecule has 0 aliphatic heterocycles. The molecule has 0 fully saturated rings. The van der Waals surface area contributed by atoms with E-state index in [-0.39, 0.29) is 66.6 Å². The highest BCUT2D eigenvalue weighted by Crippen LogP contribution is 2.43. The van der Waals surface area contributed by atoms with Gasteiger partial charge in [0.2, 0.25) is 5.95 Å². The maximum Gasteiger partial charge on any atom is 0.416 e. The number of hydrogen-bond donors (Lipinski definition) is 1. The van der Waals surface area contributed by atoms with Crippen LogP contribution < -0.4 is 23.8 Å². The highest BCUT2D eigenvalue weighted by Gasteiger charge is 2.37. The van der Waals surface area contributed by atoms with Gasteiger partial charge >= 0.3 is 18.3 Å². The van der Waals surface area contributed by atoms with Gasteiger partial charge in [0.25, 0.3) is 0 Å². The Bertz CT molecular complexity index is 1880. The topological polar surface area (TPSA) is 103 Å². The number of nitrogens with zero attached hydrogens (tertiary/aromatic N) is 3. The number of carboxylic acid groups (broad SMARTS) is 1. The van der Waals surface area contributed by atoms with Crippen molar-refractivity contribution < 1.29 is 59.6 Å². The summed E-state index contributed by atoms with van der Waals surface area (Å²) < 4.78 is 121. The van der Waals surface area contributed by atoms with Gasteiger partial charge in [0, 0.05) is 31.1 Å². The summed E-state index contributed by atoms with van der Waals surface area (Å²) in [7, 11) is 4.14. The number of ether oxygens (including phenoxy) is 4. The van der Waals surface area contributed by atoms with Crippen LogP contribution in [-0.4, -0.2) is 49.0 Å². The molecule has 9 nitrogen and oxygen atoms in total. The number of halogens is 7. The van der Waals surface area contributed by atoms with Crippen molar-refractivity contribution in [1.82, 2.24) is 9.97 Å². The second-order valence-corrected chi connectivity index (χ2v) is 13.0. The van der Waals surface area contributed by atoms with Crippen LogP contribution in [0.1, 0.15) is 61.4 Å². The van der Waals surface area contributed by atoms with Crippen LogP contribution in [-0.2, 0) is 35.7 Å². The van der Waals surface area contributed by atoms with Crippen LogP contribution in [0.15, 0.2) is 54.9 Å². The van der Waals surface area contributed by atoms with Crippen molar-refractivity contribution in [2.45, 2.75) is 64.5 Å². The van der Waals surface area contributed by atoms with E-state index in [1.54, 1.807) is 18.2 Å². The van der Waals surface area contributed by atoms with E-state index >= 15 is 4.39 Å². The highest BCUT2D eigenvalue weighted by atomic mass is 19.4. The van der Waals surface area contributed by atoms with Crippen LogP contribution in [0.2, 0.25) is 0 Å². The highest BCUT2D eigenvalue weighted by molar-refractivity contribution is 5.77. The summed E-state index contributed by atoms with van der Waals surface area (Å²) in [6, 6.07) is 7.31. The summed E-state index contributed by atoms with van der Waals surface area (Å²) in [6.45, 7) is 4.72. The molecule has 53 heavy (non-hydrogen) atoms. The quantitative estimate of drug-likeness (QED) is 0.0998. The van der Waals surface area contributed by atoms with Crippen molar-refractivity contribution in [2.75, 3.05) is 32.8 Å². The van der Waals surface area contributed by atoms with Crippen LogP contribution in [0.25, 0.3) is 11.1 Å². The lowest BCUT2D eigenvalue weighted by molar-refractivity contribution is -0.143. The Labute approximate surface area is 301 Å². The summed E-state index contributed by atoms with van der Waals surface area (Å²) in [5, 5.41) is 8.87. The molecule has 16 heteroatoms. The monoisotopic (exact) mass is 753 g/mol. The molecule has 0 aliphatic rings. The zero-order chi connectivity index (χ0) is 39.3. The molecule has 0 saturated heterocycles. The first-order valence-electron chi connectivity index (χ1n) is 16.1. The van der Waals surface area contributed by atoms with Gasteiger partial charge in [-0.15, -0.1) is 0 Å². The Morgan fingerprint density at radius 1 is 0.755 bits per heavy atom. The average molecular weight is 754 g/mol. The third-order valence-corrected chi connectivity index (χ3v) is 8.08. The third kappa shape index (κ3) is 10.2. The van der Waals surface area contributed by atoms with E-state index in [1.165, 1.54) is 44.7 Å².